The number of methoxy groups -OCH3 is 1. The zero-order valence-electron chi connectivity index (χ0n) is 9.79. The number of halogens is 2. The molecule has 0 spiro atoms. The van der Waals surface area contributed by atoms with Crippen molar-refractivity contribution < 1.29 is 9.53 Å². The molecule has 0 radical (unpaired) electrons. The Morgan fingerprint density at radius 3 is 2.83 bits per heavy atom. The summed E-state index contributed by atoms with van der Waals surface area (Å²) in [4.78, 5) is 19.4. The molecule has 0 aromatic carbocycles. The van der Waals surface area contributed by atoms with Gasteiger partial charge in [0.1, 0.15) is 11.6 Å². The lowest BCUT2D eigenvalue weighted by molar-refractivity contribution is -0.119. The number of carbonyl (C=O) groups excluding carboxylic acids is 1. The standard InChI is InChI=1S/C9H14N4O2S.2ClH/c1-15-6-8(14)12-7-4-11-5-9(13-7)16-3-2-10;;/h4-5H,2-3,6,10H2,1H3,(H,12,13,14);2*1H. The fourth-order valence-corrected chi connectivity index (χ4v) is 1.58. The minimum atomic E-state index is -0.252. The predicted octanol–water partition coefficient (Wildman–Crippen LogP) is 0.956. The Labute approximate surface area is 122 Å². The Morgan fingerprint density at radius 2 is 2.22 bits per heavy atom. The van der Waals surface area contributed by atoms with Crippen LogP contribution in [-0.2, 0) is 9.53 Å². The third-order valence-corrected chi connectivity index (χ3v) is 2.46. The molecule has 9 heteroatoms. The summed E-state index contributed by atoms with van der Waals surface area (Å²) in [6.45, 7) is 0.578. The number of nitrogens with zero attached hydrogens (tertiary/aromatic N) is 2. The van der Waals surface area contributed by atoms with Gasteiger partial charge in [0.15, 0.2) is 5.82 Å². The van der Waals surface area contributed by atoms with Crippen molar-refractivity contribution in [1.82, 2.24) is 9.97 Å². The summed E-state index contributed by atoms with van der Waals surface area (Å²) >= 11 is 1.49. The summed E-state index contributed by atoms with van der Waals surface area (Å²) in [5.74, 6) is 0.936. The number of aromatic nitrogens is 2. The maximum Gasteiger partial charge on any atom is 0.251 e. The molecule has 1 aromatic rings. The maximum atomic E-state index is 11.2. The van der Waals surface area contributed by atoms with Crippen LogP contribution in [0.3, 0.4) is 0 Å². The van der Waals surface area contributed by atoms with Crippen LogP contribution in [0.4, 0.5) is 5.82 Å². The molecule has 18 heavy (non-hydrogen) atoms. The van der Waals surface area contributed by atoms with Gasteiger partial charge in [-0.1, -0.05) is 0 Å². The van der Waals surface area contributed by atoms with Crippen LogP contribution in [0.5, 0.6) is 0 Å². The first-order valence-corrected chi connectivity index (χ1v) is 5.68. The molecular formula is C9H16Cl2N4O2S. The number of anilines is 1. The molecule has 0 aliphatic heterocycles. The Bertz CT molecular complexity index is 357. The van der Waals surface area contributed by atoms with Gasteiger partial charge in [0.05, 0.1) is 12.4 Å². The van der Waals surface area contributed by atoms with Gasteiger partial charge in [0.25, 0.3) is 5.91 Å². The highest BCUT2D eigenvalue weighted by Crippen LogP contribution is 2.14. The smallest absolute Gasteiger partial charge is 0.251 e. The summed E-state index contributed by atoms with van der Waals surface area (Å²) in [7, 11) is 1.46. The molecule has 0 atom stereocenters. The average Bonchev–Trinajstić information content (AvgIpc) is 2.27. The minimum Gasteiger partial charge on any atom is -0.375 e. The van der Waals surface area contributed by atoms with E-state index in [-0.39, 0.29) is 37.3 Å². The van der Waals surface area contributed by atoms with Crippen molar-refractivity contribution >= 4 is 48.3 Å². The fourth-order valence-electron chi connectivity index (χ4n) is 0.951. The second-order valence-corrected chi connectivity index (χ2v) is 3.98. The van der Waals surface area contributed by atoms with Crippen LogP contribution in [0.2, 0.25) is 0 Å². The SMILES string of the molecule is COCC(=O)Nc1cncc(SCCN)n1.Cl.Cl. The number of hydrogen-bond donors (Lipinski definition) is 2. The van der Waals surface area contributed by atoms with Gasteiger partial charge in [-0.05, 0) is 0 Å². The van der Waals surface area contributed by atoms with Crippen LogP contribution < -0.4 is 11.1 Å². The second kappa shape index (κ2) is 11.5. The largest absolute Gasteiger partial charge is 0.375 e. The molecule has 1 aromatic heterocycles. The Kier molecular flexibility index (Phi) is 12.6. The van der Waals surface area contributed by atoms with Gasteiger partial charge in [-0.15, -0.1) is 36.6 Å². The number of rotatable bonds is 6. The van der Waals surface area contributed by atoms with Gasteiger partial charge >= 0.3 is 0 Å². The van der Waals surface area contributed by atoms with Gasteiger partial charge in [-0.2, -0.15) is 0 Å². The number of ether oxygens (including phenoxy) is 1. The lowest BCUT2D eigenvalue weighted by atomic mass is 10.6. The topological polar surface area (TPSA) is 90.1 Å². The summed E-state index contributed by atoms with van der Waals surface area (Å²) in [6.07, 6.45) is 3.12. The summed E-state index contributed by atoms with van der Waals surface area (Å²) in [5.41, 5.74) is 5.38. The van der Waals surface area contributed by atoms with Crippen LogP contribution in [0.1, 0.15) is 0 Å². The number of amides is 1. The molecule has 0 aliphatic carbocycles. The zero-order chi connectivity index (χ0) is 11.8. The van der Waals surface area contributed by atoms with E-state index >= 15 is 0 Å². The lowest BCUT2D eigenvalue weighted by Crippen LogP contribution is -2.18. The van der Waals surface area contributed by atoms with E-state index in [2.05, 4.69) is 20.0 Å². The summed E-state index contributed by atoms with van der Waals surface area (Å²) < 4.78 is 4.69. The number of carbonyl (C=O) groups is 1. The minimum absolute atomic E-state index is 0. The maximum absolute atomic E-state index is 11.2. The highest BCUT2D eigenvalue weighted by molar-refractivity contribution is 7.99. The monoisotopic (exact) mass is 314 g/mol. The third kappa shape index (κ3) is 7.67. The van der Waals surface area contributed by atoms with E-state index in [1.807, 2.05) is 0 Å². The van der Waals surface area contributed by atoms with Gasteiger partial charge in [0.2, 0.25) is 0 Å². The molecular weight excluding hydrogens is 299 g/mol. The number of nitrogens with one attached hydrogen (secondary N) is 1. The van der Waals surface area contributed by atoms with Crippen LogP contribution >= 0.6 is 36.6 Å². The molecule has 0 saturated carbocycles. The van der Waals surface area contributed by atoms with E-state index in [0.717, 1.165) is 10.8 Å². The molecule has 104 valence electrons. The predicted molar refractivity (Wildman–Crippen MR) is 76.8 cm³/mol. The van der Waals surface area contributed by atoms with Crippen molar-refractivity contribution in [3.05, 3.63) is 12.4 Å². The van der Waals surface area contributed by atoms with E-state index in [0.29, 0.717) is 12.4 Å². The number of thioether (sulfide) groups is 1. The van der Waals surface area contributed by atoms with Crippen LogP contribution in [0.25, 0.3) is 0 Å². The molecule has 0 saturated heterocycles. The zero-order valence-corrected chi connectivity index (χ0v) is 12.2. The molecule has 1 rings (SSSR count). The molecule has 0 unspecified atom stereocenters. The third-order valence-electron chi connectivity index (χ3n) is 1.52. The highest BCUT2D eigenvalue weighted by atomic mass is 35.5. The van der Waals surface area contributed by atoms with Gasteiger partial charge in [-0.25, -0.2) is 4.98 Å². The molecule has 6 nitrogen and oxygen atoms in total. The molecule has 3 N–H and O–H groups in total. The van der Waals surface area contributed by atoms with Gasteiger partial charge in [-0.3, -0.25) is 9.78 Å². The molecule has 0 bridgehead atoms. The van der Waals surface area contributed by atoms with Crippen molar-refractivity contribution in [3.63, 3.8) is 0 Å². The summed E-state index contributed by atoms with van der Waals surface area (Å²) in [5, 5.41) is 3.31. The van der Waals surface area contributed by atoms with Crippen molar-refractivity contribution in [2.24, 2.45) is 5.73 Å². The Hall–Kier alpha value is -0.600. The Morgan fingerprint density at radius 1 is 1.50 bits per heavy atom. The van der Waals surface area contributed by atoms with Crippen molar-refractivity contribution in [3.8, 4) is 0 Å². The molecule has 1 heterocycles. The normalized spacial score (nSPS) is 9.00. The molecule has 0 aliphatic rings. The lowest BCUT2D eigenvalue weighted by Gasteiger charge is -2.04. The van der Waals surface area contributed by atoms with E-state index in [1.165, 1.54) is 25.1 Å². The van der Waals surface area contributed by atoms with Crippen molar-refractivity contribution in [1.29, 1.82) is 0 Å². The van der Waals surface area contributed by atoms with E-state index in [4.69, 9.17) is 5.73 Å². The quantitative estimate of drug-likeness (QED) is 0.760. The van der Waals surface area contributed by atoms with E-state index in [1.54, 1.807) is 6.20 Å². The van der Waals surface area contributed by atoms with Crippen molar-refractivity contribution in [2.75, 3.05) is 31.3 Å². The van der Waals surface area contributed by atoms with Crippen LogP contribution in [-0.4, -0.2) is 41.9 Å². The van der Waals surface area contributed by atoms with E-state index < -0.39 is 0 Å². The molecule has 0 fully saturated rings. The van der Waals surface area contributed by atoms with Gasteiger partial charge in [0, 0.05) is 19.4 Å². The van der Waals surface area contributed by atoms with Gasteiger partial charge < -0.3 is 15.8 Å². The number of hydrogen-bond acceptors (Lipinski definition) is 6. The second-order valence-electron chi connectivity index (χ2n) is 2.86. The highest BCUT2D eigenvalue weighted by Gasteiger charge is 2.04. The summed E-state index contributed by atoms with van der Waals surface area (Å²) in [6, 6.07) is 0. The average molecular weight is 315 g/mol. The first kappa shape index (κ1) is 19.7. The Balaban J connectivity index is 0. The fraction of sp³-hybridized carbons (Fsp3) is 0.444. The van der Waals surface area contributed by atoms with Crippen LogP contribution in [0, 0.1) is 0 Å². The first-order chi connectivity index (χ1) is 7.76. The van der Waals surface area contributed by atoms with Crippen molar-refractivity contribution in [2.45, 2.75) is 5.03 Å². The van der Waals surface area contributed by atoms with Crippen LogP contribution in [0.15, 0.2) is 17.4 Å². The molecule has 1 amide bonds. The van der Waals surface area contributed by atoms with E-state index in [9.17, 15) is 4.79 Å². The number of nitrogens with two attached hydrogens (primary N) is 1. The first-order valence-electron chi connectivity index (χ1n) is 4.70.